The first kappa shape index (κ1) is 16.4. The molecule has 6 heteroatoms. The summed E-state index contributed by atoms with van der Waals surface area (Å²) in [6.45, 7) is 2.52. The smallest absolute Gasteiger partial charge is 0.303 e. The third kappa shape index (κ3) is 3.66. The van der Waals surface area contributed by atoms with Gasteiger partial charge in [0, 0.05) is 24.9 Å². The topological polar surface area (TPSA) is 72.5 Å². The highest BCUT2D eigenvalue weighted by Gasteiger charge is 2.31. The molecule has 0 aromatic heterocycles. The van der Waals surface area contributed by atoms with E-state index in [1.807, 2.05) is 0 Å². The van der Waals surface area contributed by atoms with Crippen LogP contribution < -0.4 is 10.5 Å². The number of methoxy groups -OCH3 is 1. The molecule has 20 heavy (non-hydrogen) atoms. The molecule has 0 amide bonds. The van der Waals surface area contributed by atoms with Gasteiger partial charge in [-0.2, -0.15) is 0 Å². The van der Waals surface area contributed by atoms with Crippen LogP contribution in [0.2, 0.25) is 0 Å². The standard InChI is InChI=1S/C14H19F2NO3/c1-8-4-5-9(14(2,15)16)13(20-3)12(8)10(17)6-7-11(18)19/h4-5,10H,6-7,17H2,1-3H3,(H,18,19). The van der Waals surface area contributed by atoms with E-state index in [1.54, 1.807) is 13.0 Å². The first-order valence-corrected chi connectivity index (χ1v) is 6.21. The van der Waals surface area contributed by atoms with Crippen LogP contribution in [0.1, 0.15) is 42.5 Å². The number of aryl methyl sites for hydroxylation is 1. The van der Waals surface area contributed by atoms with Crippen molar-refractivity contribution in [2.75, 3.05) is 7.11 Å². The van der Waals surface area contributed by atoms with Gasteiger partial charge in [-0.15, -0.1) is 0 Å². The Labute approximate surface area is 116 Å². The average molecular weight is 287 g/mol. The fourth-order valence-corrected chi connectivity index (χ4v) is 2.15. The zero-order valence-corrected chi connectivity index (χ0v) is 11.7. The van der Waals surface area contributed by atoms with Gasteiger partial charge < -0.3 is 15.6 Å². The van der Waals surface area contributed by atoms with E-state index in [-0.39, 0.29) is 24.2 Å². The minimum atomic E-state index is -3.06. The summed E-state index contributed by atoms with van der Waals surface area (Å²) in [4.78, 5) is 10.6. The predicted octanol–water partition coefficient (Wildman–Crippen LogP) is 2.98. The van der Waals surface area contributed by atoms with Crippen LogP contribution in [0.25, 0.3) is 0 Å². The van der Waals surface area contributed by atoms with Gasteiger partial charge in [-0.3, -0.25) is 4.79 Å². The molecule has 0 saturated heterocycles. The number of carbonyl (C=O) groups is 1. The molecule has 3 N–H and O–H groups in total. The number of alkyl halides is 2. The van der Waals surface area contributed by atoms with E-state index in [0.717, 1.165) is 6.92 Å². The van der Waals surface area contributed by atoms with E-state index in [2.05, 4.69) is 0 Å². The monoisotopic (exact) mass is 287 g/mol. The molecular formula is C14H19F2NO3. The Morgan fingerprint density at radius 2 is 2.10 bits per heavy atom. The Balaban J connectivity index is 3.26. The van der Waals surface area contributed by atoms with Gasteiger partial charge in [0.2, 0.25) is 0 Å². The highest BCUT2D eigenvalue weighted by Crippen LogP contribution is 2.40. The fourth-order valence-electron chi connectivity index (χ4n) is 2.15. The lowest BCUT2D eigenvalue weighted by atomic mass is 9.93. The van der Waals surface area contributed by atoms with Crippen molar-refractivity contribution in [2.24, 2.45) is 5.73 Å². The molecule has 0 aliphatic rings. The van der Waals surface area contributed by atoms with Crippen LogP contribution in [0.15, 0.2) is 12.1 Å². The third-order valence-corrected chi connectivity index (χ3v) is 3.13. The van der Waals surface area contributed by atoms with E-state index in [0.29, 0.717) is 11.1 Å². The maximum Gasteiger partial charge on any atom is 0.303 e. The molecule has 0 spiro atoms. The van der Waals surface area contributed by atoms with Crippen molar-refractivity contribution in [3.8, 4) is 5.75 Å². The molecule has 0 aliphatic heterocycles. The van der Waals surface area contributed by atoms with Crippen molar-refractivity contribution in [3.05, 3.63) is 28.8 Å². The van der Waals surface area contributed by atoms with Crippen molar-refractivity contribution in [2.45, 2.75) is 38.7 Å². The van der Waals surface area contributed by atoms with E-state index >= 15 is 0 Å². The number of rotatable bonds is 6. The summed E-state index contributed by atoms with van der Waals surface area (Å²) < 4.78 is 32.3. The van der Waals surface area contributed by atoms with Gasteiger partial charge >= 0.3 is 5.97 Å². The van der Waals surface area contributed by atoms with Crippen molar-refractivity contribution < 1.29 is 23.4 Å². The SMILES string of the molecule is COc1c(C(C)(F)F)ccc(C)c1C(N)CCC(=O)O. The molecule has 0 saturated carbocycles. The third-order valence-electron chi connectivity index (χ3n) is 3.13. The van der Waals surface area contributed by atoms with Gasteiger partial charge in [0.05, 0.1) is 12.7 Å². The second-order valence-electron chi connectivity index (χ2n) is 4.80. The molecule has 0 radical (unpaired) electrons. The number of aliphatic carboxylic acids is 1. The molecule has 1 rings (SSSR count). The Bertz CT molecular complexity index is 498. The lowest BCUT2D eigenvalue weighted by molar-refractivity contribution is -0.137. The number of nitrogens with two attached hydrogens (primary N) is 1. The average Bonchev–Trinajstić information content (AvgIpc) is 2.33. The first-order chi connectivity index (χ1) is 9.18. The van der Waals surface area contributed by atoms with Crippen LogP contribution in [-0.2, 0) is 10.7 Å². The Hall–Kier alpha value is -1.69. The van der Waals surface area contributed by atoms with Crippen molar-refractivity contribution in [1.82, 2.24) is 0 Å². The second kappa shape index (κ2) is 6.17. The van der Waals surface area contributed by atoms with Crippen LogP contribution in [0.3, 0.4) is 0 Å². The summed E-state index contributed by atoms with van der Waals surface area (Å²) in [5.74, 6) is -4.00. The van der Waals surface area contributed by atoms with Gasteiger partial charge in [0.15, 0.2) is 0 Å². The summed E-state index contributed by atoms with van der Waals surface area (Å²) >= 11 is 0. The largest absolute Gasteiger partial charge is 0.496 e. The highest BCUT2D eigenvalue weighted by atomic mass is 19.3. The minimum absolute atomic E-state index is 0.0374. The van der Waals surface area contributed by atoms with Crippen LogP contribution in [-0.4, -0.2) is 18.2 Å². The van der Waals surface area contributed by atoms with Gasteiger partial charge in [0.1, 0.15) is 5.75 Å². The van der Waals surface area contributed by atoms with Gasteiger partial charge in [-0.05, 0) is 25.0 Å². The zero-order chi connectivity index (χ0) is 15.5. The van der Waals surface area contributed by atoms with Crippen LogP contribution in [0, 0.1) is 6.92 Å². The molecule has 0 heterocycles. The molecule has 0 fully saturated rings. The number of ether oxygens (including phenoxy) is 1. The van der Waals surface area contributed by atoms with Gasteiger partial charge in [0.25, 0.3) is 5.92 Å². The number of carboxylic acids is 1. The van der Waals surface area contributed by atoms with Crippen LogP contribution in [0.5, 0.6) is 5.75 Å². The van der Waals surface area contributed by atoms with E-state index in [4.69, 9.17) is 15.6 Å². The maximum absolute atomic E-state index is 13.6. The summed E-state index contributed by atoms with van der Waals surface area (Å²) in [6.07, 6.45) is 0.0295. The lowest BCUT2D eigenvalue weighted by Gasteiger charge is -2.23. The lowest BCUT2D eigenvalue weighted by Crippen LogP contribution is -2.18. The number of benzene rings is 1. The minimum Gasteiger partial charge on any atom is -0.496 e. The molecule has 4 nitrogen and oxygen atoms in total. The number of hydrogen-bond acceptors (Lipinski definition) is 3. The molecule has 1 unspecified atom stereocenters. The molecule has 112 valence electrons. The zero-order valence-electron chi connectivity index (χ0n) is 11.7. The molecule has 0 bridgehead atoms. The normalized spacial score (nSPS) is 13.1. The predicted molar refractivity (Wildman–Crippen MR) is 71.1 cm³/mol. The second-order valence-corrected chi connectivity index (χ2v) is 4.80. The van der Waals surface area contributed by atoms with Crippen LogP contribution in [0.4, 0.5) is 8.78 Å². The molecular weight excluding hydrogens is 268 g/mol. The van der Waals surface area contributed by atoms with Crippen molar-refractivity contribution >= 4 is 5.97 Å². The van der Waals surface area contributed by atoms with Gasteiger partial charge in [-0.1, -0.05) is 6.07 Å². The molecule has 1 atom stereocenters. The van der Waals surface area contributed by atoms with E-state index in [9.17, 15) is 13.6 Å². The van der Waals surface area contributed by atoms with Crippen LogP contribution >= 0.6 is 0 Å². The Kier molecular flexibility index (Phi) is 5.05. The van der Waals surface area contributed by atoms with Crippen molar-refractivity contribution in [1.29, 1.82) is 0 Å². The van der Waals surface area contributed by atoms with E-state index < -0.39 is 17.9 Å². The number of halogens is 2. The number of hydrogen-bond donors (Lipinski definition) is 2. The Morgan fingerprint density at radius 1 is 1.50 bits per heavy atom. The molecule has 0 aliphatic carbocycles. The summed E-state index contributed by atoms with van der Waals surface area (Å²) in [5, 5.41) is 8.68. The quantitative estimate of drug-likeness (QED) is 0.843. The van der Waals surface area contributed by atoms with Crippen molar-refractivity contribution in [3.63, 3.8) is 0 Å². The Morgan fingerprint density at radius 3 is 2.55 bits per heavy atom. The highest BCUT2D eigenvalue weighted by molar-refractivity contribution is 5.66. The summed E-state index contributed by atoms with van der Waals surface area (Å²) in [7, 11) is 1.30. The fraction of sp³-hybridized carbons (Fsp3) is 0.500. The summed E-state index contributed by atoms with van der Waals surface area (Å²) in [6, 6.07) is 2.19. The first-order valence-electron chi connectivity index (χ1n) is 6.21. The maximum atomic E-state index is 13.6. The molecule has 1 aromatic carbocycles. The number of carboxylic acid groups (broad SMARTS) is 1. The van der Waals surface area contributed by atoms with Gasteiger partial charge in [-0.25, -0.2) is 8.78 Å². The molecule has 1 aromatic rings. The van der Waals surface area contributed by atoms with E-state index in [1.165, 1.54) is 13.2 Å². The summed E-state index contributed by atoms with van der Waals surface area (Å²) in [5.41, 5.74) is 6.84.